The standard InChI is InChI=1S/C11H17N7OS/c1-7(2)15-11-16-9(12)8(20-11)10(19)13-3-5-18-6-4-14-17-18/h4,6-7H,3,5,12H2,1-2H3,(H,13,19)(H,15,16). The van der Waals surface area contributed by atoms with Crippen LogP contribution in [0.1, 0.15) is 23.5 Å². The van der Waals surface area contributed by atoms with Gasteiger partial charge >= 0.3 is 0 Å². The first-order valence-electron chi connectivity index (χ1n) is 6.21. The van der Waals surface area contributed by atoms with E-state index in [0.717, 1.165) is 0 Å². The fraction of sp³-hybridized carbons (Fsp3) is 0.455. The van der Waals surface area contributed by atoms with Crippen LogP contribution in [0.4, 0.5) is 10.9 Å². The Morgan fingerprint density at radius 2 is 2.35 bits per heavy atom. The van der Waals surface area contributed by atoms with E-state index in [1.54, 1.807) is 17.1 Å². The van der Waals surface area contributed by atoms with Crippen molar-refractivity contribution in [2.45, 2.75) is 26.4 Å². The van der Waals surface area contributed by atoms with Crippen LogP contribution in [-0.4, -0.2) is 38.5 Å². The maximum Gasteiger partial charge on any atom is 0.265 e. The zero-order valence-electron chi connectivity index (χ0n) is 11.3. The number of carbonyl (C=O) groups is 1. The predicted octanol–water partition coefficient (Wildman–Crippen LogP) is 0.567. The van der Waals surface area contributed by atoms with Gasteiger partial charge in [-0.1, -0.05) is 16.6 Å². The van der Waals surface area contributed by atoms with Crippen LogP contribution in [0.5, 0.6) is 0 Å². The van der Waals surface area contributed by atoms with E-state index in [1.165, 1.54) is 11.3 Å². The summed E-state index contributed by atoms with van der Waals surface area (Å²) in [5, 5.41) is 14.1. The molecule has 0 spiro atoms. The number of aromatic nitrogens is 4. The molecule has 4 N–H and O–H groups in total. The summed E-state index contributed by atoms with van der Waals surface area (Å²) in [6.07, 6.45) is 3.32. The van der Waals surface area contributed by atoms with Gasteiger partial charge in [0, 0.05) is 18.8 Å². The Labute approximate surface area is 120 Å². The summed E-state index contributed by atoms with van der Waals surface area (Å²) >= 11 is 1.25. The predicted molar refractivity (Wildman–Crippen MR) is 77.6 cm³/mol. The SMILES string of the molecule is CC(C)Nc1nc(N)c(C(=O)NCCn2ccnn2)s1. The lowest BCUT2D eigenvalue weighted by atomic mass is 10.4. The van der Waals surface area contributed by atoms with Crippen LogP contribution in [-0.2, 0) is 6.54 Å². The van der Waals surface area contributed by atoms with Gasteiger partial charge in [-0.3, -0.25) is 9.48 Å². The summed E-state index contributed by atoms with van der Waals surface area (Å²) in [5.41, 5.74) is 5.76. The number of nitrogen functional groups attached to an aromatic ring is 1. The van der Waals surface area contributed by atoms with Crippen LogP contribution in [0.25, 0.3) is 0 Å². The molecule has 0 fully saturated rings. The van der Waals surface area contributed by atoms with Crippen molar-refractivity contribution in [3.05, 3.63) is 17.3 Å². The van der Waals surface area contributed by atoms with Gasteiger partial charge in [-0.05, 0) is 13.8 Å². The van der Waals surface area contributed by atoms with Gasteiger partial charge < -0.3 is 16.4 Å². The van der Waals surface area contributed by atoms with Gasteiger partial charge in [-0.25, -0.2) is 4.98 Å². The summed E-state index contributed by atoms with van der Waals surface area (Å²) in [5.74, 6) is 0.0216. The summed E-state index contributed by atoms with van der Waals surface area (Å²) < 4.78 is 1.64. The van der Waals surface area contributed by atoms with E-state index < -0.39 is 0 Å². The summed E-state index contributed by atoms with van der Waals surface area (Å²) in [6, 6.07) is 0.240. The Hall–Kier alpha value is -2.16. The van der Waals surface area contributed by atoms with Gasteiger partial charge in [0.15, 0.2) is 5.13 Å². The van der Waals surface area contributed by atoms with Crippen molar-refractivity contribution in [3.63, 3.8) is 0 Å². The molecule has 1 amide bonds. The van der Waals surface area contributed by atoms with Crippen LogP contribution in [0, 0.1) is 0 Å². The Bertz CT molecular complexity index is 563. The topological polar surface area (TPSA) is 111 Å². The van der Waals surface area contributed by atoms with Crippen molar-refractivity contribution in [3.8, 4) is 0 Å². The molecule has 2 aromatic rings. The van der Waals surface area contributed by atoms with Crippen LogP contribution >= 0.6 is 11.3 Å². The van der Waals surface area contributed by atoms with Crippen molar-refractivity contribution >= 4 is 28.2 Å². The van der Waals surface area contributed by atoms with E-state index in [-0.39, 0.29) is 17.8 Å². The number of carbonyl (C=O) groups excluding carboxylic acids is 1. The molecule has 2 aromatic heterocycles. The Morgan fingerprint density at radius 1 is 1.55 bits per heavy atom. The van der Waals surface area contributed by atoms with Gasteiger partial charge in [0.25, 0.3) is 5.91 Å². The first kappa shape index (κ1) is 14.3. The zero-order valence-corrected chi connectivity index (χ0v) is 12.1. The Balaban J connectivity index is 1.90. The largest absolute Gasteiger partial charge is 0.382 e. The highest BCUT2D eigenvalue weighted by Crippen LogP contribution is 2.25. The van der Waals surface area contributed by atoms with Gasteiger partial charge in [0.05, 0.1) is 12.7 Å². The van der Waals surface area contributed by atoms with Crippen molar-refractivity contribution in [1.82, 2.24) is 25.3 Å². The average molecular weight is 295 g/mol. The number of nitrogens with two attached hydrogens (primary N) is 1. The number of nitrogens with zero attached hydrogens (tertiary/aromatic N) is 4. The monoisotopic (exact) mass is 295 g/mol. The van der Waals surface area contributed by atoms with E-state index in [9.17, 15) is 4.79 Å². The summed E-state index contributed by atoms with van der Waals surface area (Å²) in [6.45, 7) is 5.00. The number of nitrogens with one attached hydrogen (secondary N) is 2. The fourth-order valence-corrected chi connectivity index (χ4v) is 2.47. The molecule has 108 valence electrons. The molecular formula is C11H17N7OS. The molecule has 8 nitrogen and oxygen atoms in total. The summed E-state index contributed by atoms with van der Waals surface area (Å²) in [4.78, 5) is 16.5. The van der Waals surface area contributed by atoms with Crippen molar-refractivity contribution in [1.29, 1.82) is 0 Å². The van der Waals surface area contributed by atoms with E-state index in [1.807, 2.05) is 13.8 Å². The fourth-order valence-electron chi connectivity index (χ4n) is 1.52. The lowest BCUT2D eigenvalue weighted by Crippen LogP contribution is -2.27. The maximum atomic E-state index is 12.0. The quantitative estimate of drug-likeness (QED) is 0.718. The number of amides is 1. The van der Waals surface area contributed by atoms with Crippen LogP contribution < -0.4 is 16.4 Å². The first-order chi connectivity index (χ1) is 9.56. The molecule has 0 bridgehead atoms. The Kier molecular flexibility index (Phi) is 4.51. The molecule has 9 heteroatoms. The van der Waals surface area contributed by atoms with Crippen molar-refractivity contribution in [2.24, 2.45) is 0 Å². The second-order valence-electron chi connectivity index (χ2n) is 4.45. The number of hydrogen-bond acceptors (Lipinski definition) is 7. The third-order valence-electron chi connectivity index (χ3n) is 2.37. The minimum Gasteiger partial charge on any atom is -0.382 e. The molecule has 0 atom stereocenters. The lowest BCUT2D eigenvalue weighted by Gasteiger charge is -2.04. The number of rotatable bonds is 6. The Morgan fingerprint density at radius 3 is 3.00 bits per heavy atom. The lowest BCUT2D eigenvalue weighted by molar-refractivity contribution is 0.0956. The molecular weight excluding hydrogens is 278 g/mol. The third-order valence-corrected chi connectivity index (χ3v) is 3.37. The molecule has 0 radical (unpaired) electrons. The minimum absolute atomic E-state index is 0.225. The molecule has 0 aliphatic rings. The summed E-state index contributed by atoms with van der Waals surface area (Å²) in [7, 11) is 0. The second-order valence-corrected chi connectivity index (χ2v) is 5.45. The molecule has 20 heavy (non-hydrogen) atoms. The minimum atomic E-state index is -0.225. The molecule has 2 rings (SSSR count). The maximum absolute atomic E-state index is 12.0. The van der Waals surface area contributed by atoms with Crippen molar-refractivity contribution in [2.75, 3.05) is 17.6 Å². The molecule has 0 aliphatic carbocycles. The van der Waals surface area contributed by atoms with Crippen LogP contribution in [0.2, 0.25) is 0 Å². The first-order valence-corrected chi connectivity index (χ1v) is 7.03. The average Bonchev–Trinajstić information content (AvgIpc) is 2.98. The van der Waals surface area contributed by atoms with Gasteiger partial charge in [-0.15, -0.1) is 5.10 Å². The number of thiazole rings is 1. The van der Waals surface area contributed by atoms with E-state index in [0.29, 0.717) is 23.1 Å². The molecule has 0 aromatic carbocycles. The normalized spacial score (nSPS) is 10.8. The molecule has 0 aliphatic heterocycles. The highest BCUT2D eigenvalue weighted by molar-refractivity contribution is 7.18. The van der Waals surface area contributed by atoms with Crippen molar-refractivity contribution < 1.29 is 4.79 Å². The highest BCUT2D eigenvalue weighted by atomic mass is 32.1. The zero-order chi connectivity index (χ0) is 14.5. The van der Waals surface area contributed by atoms with Gasteiger partial charge in [0.2, 0.25) is 0 Å². The molecule has 0 saturated carbocycles. The smallest absolute Gasteiger partial charge is 0.265 e. The van der Waals surface area contributed by atoms with Crippen LogP contribution in [0.15, 0.2) is 12.4 Å². The van der Waals surface area contributed by atoms with Gasteiger partial charge in [0.1, 0.15) is 10.7 Å². The molecule has 0 saturated heterocycles. The second kappa shape index (κ2) is 6.33. The number of anilines is 2. The molecule has 0 unspecified atom stereocenters. The number of hydrogen-bond donors (Lipinski definition) is 3. The van der Waals surface area contributed by atoms with Gasteiger partial charge in [-0.2, -0.15) is 0 Å². The third kappa shape index (κ3) is 3.67. The van der Waals surface area contributed by atoms with E-state index >= 15 is 0 Å². The molecule has 2 heterocycles. The van der Waals surface area contributed by atoms with E-state index in [2.05, 4.69) is 25.9 Å². The highest BCUT2D eigenvalue weighted by Gasteiger charge is 2.16. The van der Waals surface area contributed by atoms with E-state index in [4.69, 9.17) is 5.73 Å². The van der Waals surface area contributed by atoms with Crippen LogP contribution in [0.3, 0.4) is 0 Å².